The molecular formula is C9H10N4. The normalized spacial score (nSPS) is 10.2. The van der Waals surface area contributed by atoms with Gasteiger partial charge in [0.2, 0.25) is 0 Å². The zero-order valence-electron chi connectivity index (χ0n) is 7.31. The Kier molecular flexibility index (Phi) is 1.73. The SMILES string of the molecule is Cc1ccc(N)cc1-n1ccnn1. The van der Waals surface area contributed by atoms with Crippen LogP contribution in [0.1, 0.15) is 5.56 Å². The van der Waals surface area contributed by atoms with Crippen LogP contribution in [0.15, 0.2) is 30.6 Å². The molecule has 1 aromatic carbocycles. The lowest BCUT2D eigenvalue weighted by Crippen LogP contribution is -1.99. The fraction of sp³-hybridized carbons (Fsp3) is 0.111. The van der Waals surface area contributed by atoms with Crippen molar-refractivity contribution >= 4 is 5.69 Å². The second-order valence-electron chi connectivity index (χ2n) is 2.89. The number of hydrogen-bond donors (Lipinski definition) is 1. The summed E-state index contributed by atoms with van der Waals surface area (Å²) in [5, 5.41) is 7.64. The lowest BCUT2D eigenvalue weighted by Gasteiger charge is -2.05. The lowest BCUT2D eigenvalue weighted by atomic mass is 10.2. The molecule has 1 heterocycles. The number of nitrogens with two attached hydrogens (primary N) is 1. The van der Waals surface area contributed by atoms with Gasteiger partial charge in [0.1, 0.15) is 0 Å². The van der Waals surface area contributed by atoms with Gasteiger partial charge in [0.15, 0.2) is 0 Å². The molecule has 0 fully saturated rings. The molecule has 0 spiro atoms. The van der Waals surface area contributed by atoms with E-state index in [2.05, 4.69) is 10.3 Å². The van der Waals surface area contributed by atoms with E-state index in [1.54, 1.807) is 17.1 Å². The van der Waals surface area contributed by atoms with Crippen LogP contribution in [-0.4, -0.2) is 15.0 Å². The van der Waals surface area contributed by atoms with Crippen molar-refractivity contribution in [3.8, 4) is 5.69 Å². The highest BCUT2D eigenvalue weighted by Crippen LogP contribution is 2.15. The first-order chi connectivity index (χ1) is 6.27. The number of nitrogens with zero attached hydrogens (tertiary/aromatic N) is 3. The van der Waals surface area contributed by atoms with Crippen LogP contribution < -0.4 is 5.73 Å². The minimum atomic E-state index is 0.733. The molecule has 0 saturated heterocycles. The Labute approximate surface area is 76.0 Å². The van der Waals surface area contributed by atoms with Crippen LogP contribution in [0.5, 0.6) is 0 Å². The van der Waals surface area contributed by atoms with Crippen molar-refractivity contribution in [2.24, 2.45) is 0 Å². The molecule has 0 aliphatic heterocycles. The van der Waals surface area contributed by atoms with E-state index in [-0.39, 0.29) is 0 Å². The molecule has 2 rings (SSSR count). The van der Waals surface area contributed by atoms with E-state index in [1.807, 2.05) is 25.1 Å². The summed E-state index contributed by atoms with van der Waals surface area (Å²) in [6, 6.07) is 5.71. The number of aryl methyl sites for hydroxylation is 1. The Hall–Kier alpha value is -1.84. The number of aromatic nitrogens is 3. The van der Waals surface area contributed by atoms with Gasteiger partial charge in [-0.3, -0.25) is 0 Å². The van der Waals surface area contributed by atoms with E-state index in [1.165, 1.54) is 0 Å². The minimum absolute atomic E-state index is 0.733. The van der Waals surface area contributed by atoms with Crippen molar-refractivity contribution in [3.63, 3.8) is 0 Å². The van der Waals surface area contributed by atoms with Crippen molar-refractivity contribution in [2.45, 2.75) is 6.92 Å². The molecule has 4 heteroatoms. The highest BCUT2D eigenvalue weighted by atomic mass is 15.4. The summed E-state index contributed by atoms with van der Waals surface area (Å²) in [7, 11) is 0. The van der Waals surface area contributed by atoms with E-state index in [4.69, 9.17) is 5.73 Å². The maximum atomic E-state index is 5.67. The average Bonchev–Trinajstić information content (AvgIpc) is 2.61. The predicted octanol–water partition coefficient (Wildman–Crippen LogP) is 1.16. The van der Waals surface area contributed by atoms with Gasteiger partial charge in [-0.15, -0.1) is 5.10 Å². The number of hydrogen-bond acceptors (Lipinski definition) is 3. The topological polar surface area (TPSA) is 56.7 Å². The molecule has 2 aromatic rings. The first kappa shape index (κ1) is 7.79. The first-order valence-corrected chi connectivity index (χ1v) is 4.00. The molecule has 0 saturated carbocycles. The molecular weight excluding hydrogens is 164 g/mol. The van der Waals surface area contributed by atoms with Crippen LogP contribution in [0.2, 0.25) is 0 Å². The second-order valence-corrected chi connectivity index (χ2v) is 2.89. The molecule has 0 unspecified atom stereocenters. The zero-order valence-corrected chi connectivity index (χ0v) is 7.31. The molecule has 2 N–H and O–H groups in total. The third kappa shape index (κ3) is 1.38. The largest absolute Gasteiger partial charge is 0.399 e. The summed E-state index contributed by atoms with van der Waals surface area (Å²) in [6.45, 7) is 2.01. The molecule has 13 heavy (non-hydrogen) atoms. The summed E-state index contributed by atoms with van der Waals surface area (Å²) >= 11 is 0. The molecule has 0 amide bonds. The third-order valence-electron chi connectivity index (χ3n) is 1.90. The highest BCUT2D eigenvalue weighted by molar-refractivity contribution is 5.51. The molecule has 0 radical (unpaired) electrons. The average molecular weight is 174 g/mol. The summed E-state index contributed by atoms with van der Waals surface area (Å²) in [5.41, 5.74) is 8.50. The third-order valence-corrected chi connectivity index (χ3v) is 1.90. The van der Waals surface area contributed by atoms with Crippen molar-refractivity contribution in [2.75, 3.05) is 5.73 Å². The van der Waals surface area contributed by atoms with Crippen LogP contribution in [0, 0.1) is 6.92 Å². The summed E-state index contributed by atoms with van der Waals surface area (Å²) < 4.78 is 1.70. The van der Waals surface area contributed by atoms with Crippen molar-refractivity contribution in [1.82, 2.24) is 15.0 Å². The van der Waals surface area contributed by atoms with Crippen molar-refractivity contribution < 1.29 is 0 Å². The van der Waals surface area contributed by atoms with E-state index in [0.29, 0.717) is 0 Å². The van der Waals surface area contributed by atoms with Crippen molar-refractivity contribution in [3.05, 3.63) is 36.2 Å². The van der Waals surface area contributed by atoms with Gasteiger partial charge in [0.05, 0.1) is 18.1 Å². The van der Waals surface area contributed by atoms with E-state index in [0.717, 1.165) is 16.9 Å². The van der Waals surface area contributed by atoms with Gasteiger partial charge >= 0.3 is 0 Å². The van der Waals surface area contributed by atoms with Crippen LogP contribution >= 0.6 is 0 Å². The number of anilines is 1. The van der Waals surface area contributed by atoms with Gasteiger partial charge < -0.3 is 5.73 Å². The smallest absolute Gasteiger partial charge is 0.0713 e. The fourth-order valence-corrected chi connectivity index (χ4v) is 1.21. The van der Waals surface area contributed by atoms with Gasteiger partial charge in [-0.25, -0.2) is 4.68 Å². The van der Waals surface area contributed by atoms with Crippen LogP contribution in [0.3, 0.4) is 0 Å². The monoisotopic (exact) mass is 174 g/mol. The lowest BCUT2D eigenvalue weighted by molar-refractivity contribution is 0.799. The van der Waals surface area contributed by atoms with Gasteiger partial charge in [0.25, 0.3) is 0 Å². The van der Waals surface area contributed by atoms with Crippen LogP contribution in [-0.2, 0) is 0 Å². The van der Waals surface area contributed by atoms with E-state index in [9.17, 15) is 0 Å². The fourth-order valence-electron chi connectivity index (χ4n) is 1.21. The molecule has 0 aliphatic carbocycles. The summed E-state index contributed by atoms with van der Waals surface area (Å²) in [6.07, 6.45) is 3.43. The zero-order chi connectivity index (χ0) is 9.26. The number of rotatable bonds is 1. The quantitative estimate of drug-likeness (QED) is 0.660. The Morgan fingerprint density at radius 1 is 1.38 bits per heavy atom. The van der Waals surface area contributed by atoms with Gasteiger partial charge in [-0.2, -0.15) is 0 Å². The van der Waals surface area contributed by atoms with Crippen molar-refractivity contribution in [1.29, 1.82) is 0 Å². The van der Waals surface area contributed by atoms with Crippen LogP contribution in [0.4, 0.5) is 5.69 Å². The molecule has 4 nitrogen and oxygen atoms in total. The maximum absolute atomic E-state index is 5.67. The molecule has 0 bridgehead atoms. The Bertz CT molecular complexity index is 406. The molecule has 66 valence electrons. The van der Waals surface area contributed by atoms with Gasteiger partial charge in [-0.1, -0.05) is 11.3 Å². The van der Waals surface area contributed by atoms with Crippen LogP contribution in [0.25, 0.3) is 5.69 Å². The maximum Gasteiger partial charge on any atom is 0.0713 e. The minimum Gasteiger partial charge on any atom is -0.399 e. The van der Waals surface area contributed by atoms with Gasteiger partial charge in [-0.05, 0) is 24.6 Å². The predicted molar refractivity (Wildman–Crippen MR) is 50.5 cm³/mol. The molecule has 0 aliphatic rings. The Morgan fingerprint density at radius 2 is 2.23 bits per heavy atom. The summed E-state index contributed by atoms with van der Waals surface area (Å²) in [5.74, 6) is 0. The number of benzene rings is 1. The number of nitrogen functional groups attached to an aromatic ring is 1. The Morgan fingerprint density at radius 3 is 2.92 bits per heavy atom. The molecule has 0 atom stereocenters. The van der Waals surface area contributed by atoms with E-state index >= 15 is 0 Å². The molecule has 1 aromatic heterocycles. The second kappa shape index (κ2) is 2.90. The first-order valence-electron chi connectivity index (χ1n) is 4.00. The van der Waals surface area contributed by atoms with E-state index < -0.39 is 0 Å². The standard InChI is InChI=1S/C9H10N4/c1-7-2-3-8(10)6-9(7)13-5-4-11-12-13/h2-6H,10H2,1H3. The summed E-state index contributed by atoms with van der Waals surface area (Å²) in [4.78, 5) is 0. The van der Waals surface area contributed by atoms with Gasteiger partial charge in [0, 0.05) is 5.69 Å². The Balaban J connectivity index is 2.57. The highest BCUT2D eigenvalue weighted by Gasteiger charge is 2.01.